The fraction of sp³-hybridized carbons (Fsp3) is 0.655. The Bertz CT molecular complexity index is 2500. The second-order valence-electron chi connectivity index (χ2n) is 22.7. The highest BCUT2D eigenvalue weighted by molar-refractivity contribution is 6.00. The van der Waals surface area contributed by atoms with Gasteiger partial charge in [-0.2, -0.15) is 0 Å². The minimum Gasteiger partial charge on any atom is -0.497 e. The first kappa shape index (κ1) is 58.2. The third-order valence-corrected chi connectivity index (χ3v) is 16.7. The van der Waals surface area contributed by atoms with E-state index in [0.29, 0.717) is 67.9 Å². The van der Waals surface area contributed by atoms with Gasteiger partial charge in [-0.05, 0) is 132 Å². The number of benzene rings is 2. The Balaban J connectivity index is 1.02. The zero-order valence-corrected chi connectivity index (χ0v) is 46.0. The Labute approximate surface area is 457 Å². The summed E-state index contributed by atoms with van der Waals surface area (Å²) < 4.78 is 33.6. The van der Waals surface area contributed by atoms with Gasteiger partial charge >= 0.3 is 0 Å². The summed E-state index contributed by atoms with van der Waals surface area (Å²) in [6, 6.07) is 6.47. The zero-order valence-electron chi connectivity index (χ0n) is 46.0. The van der Waals surface area contributed by atoms with Gasteiger partial charge in [0, 0.05) is 26.1 Å². The molecule has 2 aromatic carbocycles. The number of rotatable bonds is 27. The first-order valence-electron chi connectivity index (χ1n) is 28.1. The lowest BCUT2D eigenvalue weighted by Crippen LogP contribution is -2.57. The lowest BCUT2D eigenvalue weighted by Gasteiger charge is -2.29. The number of carbonyl (C=O) groups is 8. The molecular formula is C58H80N6O14. The largest absolute Gasteiger partial charge is 0.497 e. The lowest BCUT2D eigenvalue weighted by atomic mass is 9.81. The molecule has 4 saturated heterocycles. The van der Waals surface area contributed by atoms with E-state index in [2.05, 4.69) is 31.9 Å². The van der Waals surface area contributed by atoms with Gasteiger partial charge in [0.2, 0.25) is 35.4 Å². The van der Waals surface area contributed by atoms with E-state index < -0.39 is 95.1 Å². The van der Waals surface area contributed by atoms with Crippen molar-refractivity contribution in [2.45, 2.75) is 190 Å². The third-order valence-electron chi connectivity index (χ3n) is 16.7. The second-order valence-corrected chi connectivity index (χ2v) is 22.7. The summed E-state index contributed by atoms with van der Waals surface area (Å²) in [5.41, 5.74) is 0.109. The van der Waals surface area contributed by atoms with Gasteiger partial charge in [0.25, 0.3) is 0 Å². The average molecular weight is 1090 g/mol. The van der Waals surface area contributed by atoms with E-state index in [1.807, 2.05) is 18.2 Å². The van der Waals surface area contributed by atoms with E-state index in [-0.39, 0.29) is 61.8 Å². The van der Waals surface area contributed by atoms with Crippen molar-refractivity contribution < 1.29 is 66.8 Å². The summed E-state index contributed by atoms with van der Waals surface area (Å²) >= 11 is 0. The first-order chi connectivity index (χ1) is 37.4. The van der Waals surface area contributed by atoms with E-state index in [0.717, 1.165) is 50.5 Å². The highest BCUT2D eigenvalue weighted by atomic mass is 16.6. The Morgan fingerprint density at radius 1 is 0.551 bits per heavy atom. The van der Waals surface area contributed by atoms with Crippen molar-refractivity contribution >= 4 is 47.0 Å². The molecule has 12 atom stereocenters. The number of methoxy groups -OCH3 is 2. The number of Topliss-reactive ketones (excluding diaryl/α,β-unsaturated/α-hetero) is 2. The molecule has 426 valence electrons. The van der Waals surface area contributed by atoms with E-state index >= 15 is 0 Å². The molecule has 3 unspecified atom stereocenters. The zero-order chi connectivity index (χ0) is 55.7. The van der Waals surface area contributed by atoms with Gasteiger partial charge in [-0.1, -0.05) is 56.4 Å². The number of nitrogens with one attached hydrogen (secondary N) is 6. The SMILES string of the molecule is COc1ccc(C[C@H](NC(=O)[C@@H](C)NC(=O)[C@H]2CCCO2)C(=O)N[C@@H](CC2CCCC2c2cc(C[C@H](NC(=O)[C@@H](C)NC(=O)C3CCCO3)C(=O)N[C@@H](CC3CCCC3)C(=O)[C@@]3(C)CO3)ccc2OC)C(=O)[C@@]2(C)CO2)cc1. The first-order valence-corrected chi connectivity index (χ1v) is 28.1. The Kier molecular flexibility index (Phi) is 19.3. The molecule has 4 aliphatic heterocycles. The number of amides is 6. The van der Waals surface area contributed by atoms with Crippen molar-refractivity contribution in [3.8, 4) is 11.5 Å². The molecule has 2 aromatic rings. The minimum atomic E-state index is -1.17. The van der Waals surface area contributed by atoms with E-state index in [1.165, 1.54) is 6.92 Å². The van der Waals surface area contributed by atoms with Crippen LogP contribution in [0.15, 0.2) is 42.5 Å². The number of epoxide rings is 2. The molecule has 78 heavy (non-hydrogen) atoms. The van der Waals surface area contributed by atoms with Gasteiger partial charge in [0.15, 0.2) is 11.6 Å². The third kappa shape index (κ3) is 14.8. The van der Waals surface area contributed by atoms with Crippen LogP contribution in [0, 0.1) is 11.8 Å². The molecule has 20 heteroatoms. The molecule has 2 aliphatic carbocycles. The summed E-state index contributed by atoms with van der Waals surface area (Å²) in [5, 5.41) is 17.2. The van der Waals surface area contributed by atoms with Crippen molar-refractivity contribution in [2.24, 2.45) is 11.8 Å². The molecule has 6 fully saturated rings. The molecule has 20 nitrogen and oxygen atoms in total. The van der Waals surface area contributed by atoms with Crippen molar-refractivity contribution in [1.29, 1.82) is 0 Å². The van der Waals surface area contributed by atoms with Crippen molar-refractivity contribution in [3.05, 3.63) is 59.2 Å². The molecular weight excluding hydrogens is 1000 g/mol. The molecule has 0 aromatic heterocycles. The summed E-state index contributed by atoms with van der Waals surface area (Å²) in [6.07, 6.45) is 8.21. The van der Waals surface area contributed by atoms with Crippen LogP contribution in [-0.4, -0.2) is 147 Å². The van der Waals surface area contributed by atoms with Crippen LogP contribution in [-0.2, 0) is 70.1 Å². The molecule has 2 saturated carbocycles. The standard InChI is InChI=1S/C58H80N6O14/c1-33(59-55(71)47-16-10-24-75-47)51(67)63-44(28-36-18-21-39(73-5)22-19-36)53(69)62-43(50(66)58(4)32-78-58)30-38-14-9-15-40(38)41-26-37(20-23-46(41)74-6)29-45(64-52(68)34(2)60-56(72)48-17-11-25-76-48)54(70)61-42(27-35-12-7-8-13-35)49(65)57(3)31-77-57/h18-23,26,33-35,38,40,42-45,47-48H,7-17,24-25,27-32H2,1-6H3,(H,59,71)(H,60,72)(H,61,70)(H,62,69)(H,63,67)(H,64,68)/t33-,34-,38?,40?,42+,43+,44+,45+,47-,48?,57-,58-/m1/s1. The van der Waals surface area contributed by atoms with Crippen LogP contribution in [0.4, 0.5) is 0 Å². The van der Waals surface area contributed by atoms with Crippen molar-refractivity contribution in [2.75, 3.05) is 40.6 Å². The maximum Gasteiger partial charge on any atom is 0.249 e. The Morgan fingerprint density at radius 2 is 1.04 bits per heavy atom. The van der Waals surface area contributed by atoms with Gasteiger partial charge in [0.1, 0.15) is 59.1 Å². The number of hydrogen-bond donors (Lipinski definition) is 6. The van der Waals surface area contributed by atoms with Crippen molar-refractivity contribution in [3.63, 3.8) is 0 Å². The number of hydrogen-bond acceptors (Lipinski definition) is 14. The molecule has 6 amide bonds. The van der Waals surface area contributed by atoms with Crippen LogP contribution in [0.1, 0.15) is 134 Å². The monoisotopic (exact) mass is 1080 g/mol. The van der Waals surface area contributed by atoms with Crippen LogP contribution in [0.3, 0.4) is 0 Å². The highest BCUT2D eigenvalue weighted by Gasteiger charge is 2.52. The normalized spacial score (nSPS) is 26.7. The number of ether oxygens (including phenoxy) is 6. The van der Waals surface area contributed by atoms with E-state index in [9.17, 15) is 38.4 Å². The molecule has 4 heterocycles. The van der Waals surface area contributed by atoms with Gasteiger partial charge in [-0.3, -0.25) is 38.4 Å². The molecule has 6 N–H and O–H groups in total. The topological polar surface area (TPSA) is 271 Å². The maximum atomic E-state index is 14.6. The Morgan fingerprint density at radius 3 is 1.51 bits per heavy atom. The van der Waals surface area contributed by atoms with Crippen LogP contribution in [0.5, 0.6) is 11.5 Å². The molecule has 0 spiro atoms. The predicted octanol–water partition coefficient (Wildman–Crippen LogP) is 3.37. The van der Waals surface area contributed by atoms with Gasteiger partial charge < -0.3 is 60.3 Å². The fourth-order valence-electron chi connectivity index (χ4n) is 11.6. The van der Waals surface area contributed by atoms with Crippen LogP contribution >= 0.6 is 0 Å². The smallest absolute Gasteiger partial charge is 0.249 e. The Hall–Kier alpha value is -5.96. The lowest BCUT2D eigenvalue weighted by molar-refractivity contribution is -0.136. The number of carbonyl (C=O) groups excluding carboxylic acids is 8. The predicted molar refractivity (Wildman–Crippen MR) is 284 cm³/mol. The molecule has 8 rings (SSSR count). The summed E-state index contributed by atoms with van der Waals surface area (Å²) in [6.45, 7) is 7.86. The maximum absolute atomic E-state index is 14.6. The highest BCUT2D eigenvalue weighted by Crippen LogP contribution is 2.46. The van der Waals surface area contributed by atoms with Gasteiger partial charge in [-0.25, -0.2) is 0 Å². The number of ketones is 2. The molecule has 6 aliphatic rings. The van der Waals surface area contributed by atoms with Crippen molar-refractivity contribution in [1.82, 2.24) is 31.9 Å². The van der Waals surface area contributed by atoms with E-state index in [1.54, 1.807) is 59.3 Å². The van der Waals surface area contributed by atoms with E-state index in [4.69, 9.17) is 28.4 Å². The van der Waals surface area contributed by atoms with Crippen LogP contribution < -0.4 is 41.4 Å². The summed E-state index contributed by atoms with van der Waals surface area (Å²) in [5.74, 6) is -2.54. The van der Waals surface area contributed by atoms with Crippen LogP contribution in [0.25, 0.3) is 0 Å². The van der Waals surface area contributed by atoms with Crippen LogP contribution in [0.2, 0.25) is 0 Å². The quantitative estimate of drug-likeness (QED) is 0.0701. The molecule has 0 bridgehead atoms. The second kappa shape index (κ2) is 25.9. The minimum absolute atomic E-state index is 0.0152. The van der Waals surface area contributed by atoms with Gasteiger partial charge in [0.05, 0.1) is 39.5 Å². The summed E-state index contributed by atoms with van der Waals surface area (Å²) in [4.78, 5) is 111. The summed E-state index contributed by atoms with van der Waals surface area (Å²) in [7, 11) is 3.12. The van der Waals surface area contributed by atoms with Gasteiger partial charge in [-0.15, -0.1) is 0 Å². The molecule has 0 radical (unpaired) electrons. The fourth-order valence-corrected chi connectivity index (χ4v) is 11.6. The average Bonchev–Trinajstić information content (AvgIpc) is 3.97.